The summed E-state index contributed by atoms with van der Waals surface area (Å²) in [4.78, 5) is 0. The van der Waals surface area contributed by atoms with Crippen molar-refractivity contribution >= 4 is 0 Å². The molecule has 48 valence electrons. The molecule has 0 bridgehead atoms. The quantitative estimate of drug-likeness (QED) is 0.511. The van der Waals surface area contributed by atoms with E-state index in [4.69, 9.17) is 11.5 Å². The Labute approximate surface area is 50.6 Å². The van der Waals surface area contributed by atoms with Gasteiger partial charge >= 0.3 is 0 Å². The summed E-state index contributed by atoms with van der Waals surface area (Å²) < 4.78 is 0. The Hall–Kier alpha value is -0.340. The third kappa shape index (κ3) is 2.09. The first-order valence-electron chi connectivity index (χ1n) is 2.80. The minimum absolute atomic E-state index is 0.137. The topological polar surface area (TPSA) is 52.0 Å². The lowest BCUT2D eigenvalue weighted by Crippen LogP contribution is -2.30. The number of nitrogens with two attached hydrogens (primary N) is 2. The lowest BCUT2D eigenvalue weighted by atomic mass is 10.0. The molecule has 4 N–H and O–H groups in total. The van der Waals surface area contributed by atoms with Gasteiger partial charge in [0.05, 0.1) is 0 Å². The Morgan fingerprint density at radius 2 is 2.25 bits per heavy atom. The summed E-state index contributed by atoms with van der Waals surface area (Å²) in [6.45, 7) is 6.12. The first-order chi connectivity index (χ1) is 3.72. The van der Waals surface area contributed by atoms with Gasteiger partial charge in [-0.25, -0.2) is 0 Å². The molecule has 0 aliphatic carbocycles. The van der Waals surface area contributed by atoms with Crippen LogP contribution in [0.2, 0.25) is 0 Å². The number of rotatable bonds is 3. The summed E-state index contributed by atoms with van der Waals surface area (Å²) in [7, 11) is 0. The smallest absolute Gasteiger partial charge is 0.00854 e. The maximum absolute atomic E-state index is 5.51. The molecular weight excluding hydrogens is 100 g/mol. The monoisotopic (exact) mass is 114 g/mol. The van der Waals surface area contributed by atoms with E-state index in [1.165, 1.54) is 0 Å². The van der Waals surface area contributed by atoms with Gasteiger partial charge in [0.1, 0.15) is 0 Å². The van der Waals surface area contributed by atoms with Gasteiger partial charge < -0.3 is 11.5 Å². The summed E-state index contributed by atoms with van der Waals surface area (Å²) >= 11 is 0. The first-order valence-corrected chi connectivity index (χ1v) is 2.80. The van der Waals surface area contributed by atoms with Gasteiger partial charge in [-0.1, -0.05) is 6.08 Å². The van der Waals surface area contributed by atoms with E-state index in [1.54, 1.807) is 6.08 Å². The molecule has 0 saturated carbocycles. The Morgan fingerprint density at radius 1 is 1.75 bits per heavy atom. The van der Waals surface area contributed by atoms with Crippen LogP contribution >= 0.6 is 0 Å². The fraction of sp³-hybridized carbons (Fsp3) is 0.667. The van der Waals surface area contributed by atoms with Crippen molar-refractivity contribution in [3.63, 3.8) is 0 Å². The van der Waals surface area contributed by atoms with Gasteiger partial charge in [0, 0.05) is 18.5 Å². The number of hydrogen-bond acceptors (Lipinski definition) is 2. The van der Waals surface area contributed by atoms with Crippen LogP contribution in [0.15, 0.2) is 12.7 Å². The molecule has 0 aliphatic heterocycles. The second-order valence-corrected chi connectivity index (χ2v) is 1.99. The lowest BCUT2D eigenvalue weighted by molar-refractivity contribution is 0.546. The second-order valence-electron chi connectivity index (χ2n) is 1.99. The van der Waals surface area contributed by atoms with Gasteiger partial charge in [-0.15, -0.1) is 6.58 Å². The molecule has 8 heavy (non-hydrogen) atoms. The molecule has 0 spiro atoms. The predicted octanol–water partition coefficient (Wildman–Crippen LogP) is 0.0945. The summed E-state index contributed by atoms with van der Waals surface area (Å²) in [6.07, 6.45) is 1.80. The van der Waals surface area contributed by atoms with Crippen LogP contribution in [0.25, 0.3) is 0 Å². The molecule has 0 saturated heterocycles. The van der Waals surface area contributed by atoms with E-state index in [2.05, 4.69) is 6.58 Å². The summed E-state index contributed by atoms with van der Waals surface area (Å²) in [5.74, 6) is 0.273. The van der Waals surface area contributed by atoms with Crippen LogP contribution in [0.1, 0.15) is 6.92 Å². The zero-order chi connectivity index (χ0) is 6.57. The fourth-order valence-corrected chi connectivity index (χ4v) is 0.526. The molecule has 2 nitrogen and oxygen atoms in total. The summed E-state index contributed by atoms with van der Waals surface area (Å²) in [6, 6.07) is 0.137. The Bertz CT molecular complexity index is 68.9. The molecule has 0 aromatic rings. The van der Waals surface area contributed by atoms with Crippen LogP contribution in [0.4, 0.5) is 0 Å². The molecular formula is C6H14N2. The maximum Gasteiger partial charge on any atom is 0.00854 e. The fourth-order valence-electron chi connectivity index (χ4n) is 0.526. The molecule has 0 aromatic heterocycles. The maximum atomic E-state index is 5.51. The Kier molecular flexibility index (Phi) is 3.48. The van der Waals surface area contributed by atoms with Crippen LogP contribution in [-0.2, 0) is 0 Å². The highest BCUT2D eigenvalue weighted by Gasteiger charge is 2.04. The van der Waals surface area contributed by atoms with Crippen molar-refractivity contribution in [2.24, 2.45) is 17.4 Å². The zero-order valence-corrected chi connectivity index (χ0v) is 5.30. The van der Waals surface area contributed by atoms with Gasteiger partial charge in [0.2, 0.25) is 0 Å². The van der Waals surface area contributed by atoms with Crippen LogP contribution in [-0.4, -0.2) is 12.6 Å². The average molecular weight is 114 g/mol. The first kappa shape index (κ1) is 7.66. The predicted molar refractivity (Wildman–Crippen MR) is 36.4 cm³/mol. The van der Waals surface area contributed by atoms with Gasteiger partial charge in [0.25, 0.3) is 0 Å². The highest BCUT2D eigenvalue weighted by Crippen LogP contribution is 1.97. The van der Waals surface area contributed by atoms with Gasteiger partial charge in [0.15, 0.2) is 0 Å². The van der Waals surface area contributed by atoms with E-state index in [9.17, 15) is 0 Å². The lowest BCUT2D eigenvalue weighted by Gasteiger charge is -2.12. The Morgan fingerprint density at radius 3 is 2.25 bits per heavy atom. The molecule has 0 aromatic carbocycles. The molecule has 0 radical (unpaired) electrons. The van der Waals surface area contributed by atoms with Crippen LogP contribution in [0.3, 0.4) is 0 Å². The standard InChI is InChI=1S/C6H14N2/c1-3-6(4-7)5(2)8/h3,5-6H,1,4,7-8H2,2H3. The van der Waals surface area contributed by atoms with E-state index in [0.29, 0.717) is 6.54 Å². The van der Waals surface area contributed by atoms with Gasteiger partial charge in [-0.3, -0.25) is 0 Å². The van der Waals surface area contributed by atoms with E-state index >= 15 is 0 Å². The SMILES string of the molecule is C=CC(CN)C(C)N. The third-order valence-corrected chi connectivity index (χ3v) is 1.25. The van der Waals surface area contributed by atoms with Crippen molar-refractivity contribution < 1.29 is 0 Å². The summed E-state index contributed by atoms with van der Waals surface area (Å²) in [5.41, 5.74) is 10.8. The summed E-state index contributed by atoms with van der Waals surface area (Å²) in [5, 5.41) is 0. The van der Waals surface area contributed by atoms with Crippen LogP contribution in [0, 0.1) is 5.92 Å². The molecule has 2 unspecified atom stereocenters. The van der Waals surface area contributed by atoms with Crippen LogP contribution < -0.4 is 11.5 Å². The molecule has 0 fully saturated rings. The van der Waals surface area contributed by atoms with E-state index in [-0.39, 0.29) is 12.0 Å². The molecule has 2 heteroatoms. The normalized spacial score (nSPS) is 17.4. The molecule has 0 rings (SSSR count). The van der Waals surface area contributed by atoms with E-state index in [0.717, 1.165) is 0 Å². The largest absolute Gasteiger partial charge is 0.330 e. The van der Waals surface area contributed by atoms with Crippen molar-refractivity contribution in [2.75, 3.05) is 6.54 Å². The van der Waals surface area contributed by atoms with Crippen molar-refractivity contribution in [2.45, 2.75) is 13.0 Å². The third-order valence-electron chi connectivity index (χ3n) is 1.25. The van der Waals surface area contributed by atoms with Crippen molar-refractivity contribution in [1.29, 1.82) is 0 Å². The minimum Gasteiger partial charge on any atom is -0.330 e. The van der Waals surface area contributed by atoms with Crippen molar-refractivity contribution in [3.05, 3.63) is 12.7 Å². The molecule has 0 heterocycles. The van der Waals surface area contributed by atoms with Crippen molar-refractivity contribution in [1.82, 2.24) is 0 Å². The molecule has 0 aliphatic rings. The van der Waals surface area contributed by atoms with E-state index in [1.807, 2.05) is 6.92 Å². The molecule has 0 amide bonds. The van der Waals surface area contributed by atoms with Crippen molar-refractivity contribution in [3.8, 4) is 0 Å². The van der Waals surface area contributed by atoms with Crippen LogP contribution in [0.5, 0.6) is 0 Å². The van der Waals surface area contributed by atoms with Gasteiger partial charge in [-0.2, -0.15) is 0 Å². The highest BCUT2D eigenvalue weighted by molar-refractivity contribution is 4.85. The zero-order valence-electron chi connectivity index (χ0n) is 5.30. The average Bonchev–Trinajstić information content (AvgIpc) is 1.69. The van der Waals surface area contributed by atoms with Gasteiger partial charge in [-0.05, 0) is 6.92 Å². The Balaban J connectivity index is 3.51. The van der Waals surface area contributed by atoms with E-state index < -0.39 is 0 Å². The highest BCUT2D eigenvalue weighted by atomic mass is 14.7. The number of hydrogen-bond donors (Lipinski definition) is 2. The minimum atomic E-state index is 0.137. The second kappa shape index (κ2) is 3.64. The molecule has 2 atom stereocenters.